The molecule has 0 heterocycles. The summed E-state index contributed by atoms with van der Waals surface area (Å²) in [6.07, 6.45) is -0.229. The zero-order valence-electron chi connectivity index (χ0n) is 11.4. The molecule has 1 aromatic rings. The summed E-state index contributed by atoms with van der Waals surface area (Å²) < 4.78 is 5.15. The second-order valence-electron chi connectivity index (χ2n) is 5.38. The minimum absolute atomic E-state index is 0.366. The van der Waals surface area contributed by atoms with Gasteiger partial charge in [-0.1, -0.05) is 12.1 Å². The van der Waals surface area contributed by atoms with E-state index in [1.165, 1.54) is 0 Å². The minimum atomic E-state index is -0.504. The first-order chi connectivity index (χ1) is 8.26. The molecular formula is C14H21NO3. The molecular weight excluding hydrogens is 230 g/mol. The number of carbonyl (C=O) groups excluding carboxylic acids is 1. The number of rotatable bonds is 3. The van der Waals surface area contributed by atoms with Gasteiger partial charge in [-0.3, -0.25) is 5.32 Å². The summed E-state index contributed by atoms with van der Waals surface area (Å²) in [4.78, 5) is 11.5. The Kier molecular flexibility index (Phi) is 4.73. The molecule has 0 aromatic heterocycles. The number of hydrogen-bond donors (Lipinski definition) is 2. The molecule has 1 unspecified atom stereocenters. The van der Waals surface area contributed by atoms with Crippen LogP contribution in [0.4, 0.5) is 10.5 Å². The number of hydrogen-bond acceptors (Lipinski definition) is 3. The third-order valence-corrected chi connectivity index (χ3v) is 2.13. The summed E-state index contributed by atoms with van der Waals surface area (Å²) in [6, 6.07) is 7.34. The first-order valence-corrected chi connectivity index (χ1v) is 6.03. The first kappa shape index (κ1) is 14.5. The van der Waals surface area contributed by atoms with Gasteiger partial charge in [0.2, 0.25) is 0 Å². The van der Waals surface area contributed by atoms with Gasteiger partial charge in [-0.2, -0.15) is 0 Å². The maximum Gasteiger partial charge on any atom is 0.412 e. The lowest BCUT2D eigenvalue weighted by Gasteiger charge is -2.19. The molecule has 1 atom stereocenters. The summed E-state index contributed by atoms with van der Waals surface area (Å²) in [5.74, 6) is 0. The molecule has 0 saturated heterocycles. The predicted octanol–water partition coefficient (Wildman–Crippen LogP) is 2.96. The van der Waals surface area contributed by atoms with Crippen molar-refractivity contribution in [2.45, 2.75) is 45.8 Å². The second kappa shape index (κ2) is 5.87. The summed E-state index contributed by atoms with van der Waals surface area (Å²) in [5.41, 5.74) is 1.20. The minimum Gasteiger partial charge on any atom is -0.444 e. The standard InChI is InChI=1S/C14H21NO3/c1-10(16)9-11-5-7-12(8-6-11)15-13(17)18-14(2,3)4/h5-8,10,16H,9H2,1-4H3,(H,15,17). The number of nitrogens with one attached hydrogen (secondary N) is 1. The Morgan fingerprint density at radius 1 is 1.33 bits per heavy atom. The SMILES string of the molecule is CC(O)Cc1ccc(NC(=O)OC(C)(C)C)cc1. The van der Waals surface area contributed by atoms with Crippen LogP contribution >= 0.6 is 0 Å². The van der Waals surface area contributed by atoms with Crippen molar-refractivity contribution >= 4 is 11.8 Å². The summed E-state index contributed by atoms with van der Waals surface area (Å²) in [7, 11) is 0. The zero-order chi connectivity index (χ0) is 13.8. The van der Waals surface area contributed by atoms with Crippen molar-refractivity contribution in [3.8, 4) is 0 Å². The lowest BCUT2D eigenvalue weighted by Crippen LogP contribution is -2.27. The molecule has 4 nitrogen and oxygen atoms in total. The molecule has 0 radical (unpaired) electrons. The highest BCUT2D eigenvalue weighted by molar-refractivity contribution is 5.84. The maximum atomic E-state index is 11.5. The molecule has 1 aromatic carbocycles. The lowest BCUT2D eigenvalue weighted by molar-refractivity contribution is 0.0636. The van der Waals surface area contributed by atoms with E-state index in [4.69, 9.17) is 4.74 Å². The van der Waals surface area contributed by atoms with Crippen LogP contribution in [-0.2, 0) is 11.2 Å². The van der Waals surface area contributed by atoms with Crippen molar-refractivity contribution in [3.63, 3.8) is 0 Å². The van der Waals surface area contributed by atoms with Crippen LogP contribution < -0.4 is 5.32 Å². The molecule has 2 N–H and O–H groups in total. The van der Waals surface area contributed by atoms with E-state index in [-0.39, 0.29) is 6.10 Å². The molecule has 0 saturated carbocycles. The number of amides is 1. The molecule has 0 fully saturated rings. The highest BCUT2D eigenvalue weighted by Crippen LogP contribution is 2.13. The molecule has 0 aliphatic rings. The van der Waals surface area contributed by atoms with Gasteiger partial charge >= 0.3 is 6.09 Å². The van der Waals surface area contributed by atoms with Crippen molar-refractivity contribution in [3.05, 3.63) is 29.8 Å². The number of aliphatic hydroxyl groups excluding tert-OH is 1. The first-order valence-electron chi connectivity index (χ1n) is 6.03. The fourth-order valence-corrected chi connectivity index (χ4v) is 1.49. The largest absolute Gasteiger partial charge is 0.444 e. The summed E-state index contributed by atoms with van der Waals surface area (Å²) in [5, 5.41) is 11.9. The van der Waals surface area contributed by atoms with Crippen molar-refractivity contribution in [1.29, 1.82) is 0 Å². The van der Waals surface area contributed by atoms with Gasteiger partial charge in [0.25, 0.3) is 0 Å². The van der Waals surface area contributed by atoms with Gasteiger partial charge in [0.1, 0.15) is 5.60 Å². The van der Waals surface area contributed by atoms with E-state index in [0.29, 0.717) is 12.1 Å². The Morgan fingerprint density at radius 2 is 1.89 bits per heavy atom. The van der Waals surface area contributed by atoms with Gasteiger partial charge in [-0.25, -0.2) is 4.79 Å². The molecule has 1 amide bonds. The van der Waals surface area contributed by atoms with Crippen LogP contribution in [0.2, 0.25) is 0 Å². The van der Waals surface area contributed by atoms with Crippen molar-refractivity contribution in [2.75, 3.05) is 5.32 Å². The molecule has 0 aliphatic heterocycles. The van der Waals surface area contributed by atoms with Crippen molar-refractivity contribution < 1.29 is 14.6 Å². The molecule has 1 rings (SSSR count). The van der Waals surface area contributed by atoms with Gasteiger partial charge in [-0.05, 0) is 51.8 Å². The van der Waals surface area contributed by atoms with Crippen LogP contribution in [0, 0.1) is 0 Å². The lowest BCUT2D eigenvalue weighted by atomic mass is 10.1. The van der Waals surface area contributed by atoms with Gasteiger partial charge in [0.15, 0.2) is 0 Å². The monoisotopic (exact) mass is 251 g/mol. The number of ether oxygens (including phenoxy) is 1. The van der Waals surface area contributed by atoms with Crippen LogP contribution in [0.15, 0.2) is 24.3 Å². The van der Waals surface area contributed by atoms with Crippen LogP contribution in [0.25, 0.3) is 0 Å². The summed E-state index contributed by atoms with van der Waals surface area (Å²) in [6.45, 7) is 7.20. The third-order valence-electron chi connectivity index (χ3n) is 2.13. The topological polar surface area (TPSA) is 58.6 Å². The number of anilines is 1. The molecule has 4 heteroatoms. The number of aliphatic hydroxyl groups is 1. The van der Waals surface area contributed by atoms with E-state index >= 15 is 0 Å². The van der Waals surface area contributed by atoms with Crippen LogP contribution in [-0.4, -0.2) is 22.9 Å². The molecule has 100 valence electrons. The fourth-order valence-electron chi connectivity index (χ4n) is 1.49. The van der Waals surface area contributed by atoms with Gasteiger partial charge in [0, 0.05) is 5.69 Å². The quantitative estimate of drug-likeness (QED) is 0.868. The van der Waals surface area contributed by atoms with Crippen molar-refractivity contribution in [1.82, 2.24) is 0 Å². The van der Waals surface area contributed by atoms with Crippen LogP contribution in [0.1, 0.15) is 33.3 Å². The summed E-state index contributed by atoms with van der Waals surface area (Å²) >= 11 is 0. The van der Waals surface area contributed by atoms with Gasteiger partial charge in [-0.15, -0.1) is 0 Å². The smallest absolute Gasteiger partial charge is 0.412 e. The van der Waals surface area contributed by atoms with E-state index < -0.39 is 11.7 Å². The Labute approximate surface area is 108 Å². The third kappa shape index (κ3) is 5.68. The van der Waals surface area contributed by atoms with Gasteiger partial charge < -0.3 is 9.84 Å². The van der Waals surface area contributed by atoms with Crippen LogP contribution in [0.3, 0.4) is 0 Å². The average molecular weight is 251 g/mol. The van der Waals surface area contributed by atoms with Gasteiger partial charge in [0.05, 0.1) is 6.10 Å². The normalized spacial score (nSPS) is 12.9. The Bertz CT molecular complexity index is 390. The Hall–Kier alpha value is -1.55. The van der Waals surface area contributed by atoms with E-state index in [1.54, 1.807) is 19.1 Å². The molecule has 0 bridgehead atoms. The number of benzene rings is 1. The van der Waals surface area contributed by atoms with E-state index in [1.807, 2.05) is 32.9 Å². The molecule has 0 spiro atoms. The maximum absolute atomic E-state index is 11.5. The van der Waals surface area contributed by atoms with Crippen LogP contribution in [0.5, 0.6) is 0 Å². The molecule has 18 heavy (non-hydrogen) atoms. The second-order valence-corrected chi connectivity index (χ2v) is 5.38. The van der Waals surface area contributed by atoms with E-state index in [9.17, 15) is 9.90 Å². The van der Waals surface area contributed by atoms with E-state index in [0.717, 1.165) is 5.56 Å². The van der Waals surface area contributed by atoms with E-state index in [2.05, 4.69) is 5.32 Å². The number of carbonyl (C=O) groups is 1. The average Bonchev–Trinajstić information content (AvgIpc) is 2.17. The highest BCUT2D eigenvalue weighted by Gasteiger charge is 2.16. The predicted molar refractivity (Wildman–Crippen MR) is 71.7 cm³/mol. The zero-order valence-corrected chi connectivity index (χ0v) is 11.4. The fraction of sp³-hybridized carbons (Fsp3) is 0.500. The molecule has 0 aliphatic carbocycles. The Balaban J connectivity index is 2.56. The van der Waals surface area contributed by atoms with Crippen molar-refractivity contribution in [2.24, 2.45) is 0 Å². The highest BCUT2D eigenvalue weighted by atomic mass is 16.6. The Morgan fingerprint density at radius 3 is 2.33 bits per heavy atom.